The Morgan fingerprint density at radius 2 is 1.88 bits per heavy atom. The van der Waals surface area contributed by atoms with Crippen molar-refractivity contribution in [3.63, 3.8) is 0 Å². The first-order valence-corrected chi connectivity index (χ1v) is 12.9. The van der Waals surface area contributed by atoms with Crippen molar-refractivity contribution in [2.75, 3.05) is 20.3 Å². The van der Waals surface area contributed by atoms with E-state index in [0.717, 1.165) is 51.6 Å². The summed E-state index contributed by atoms with van der Waals surface area (Å²) in [5, 5.41) is 0. The average Bonchev–Trinajstić information content (AvgIpc) is 3.61. The van der Waals surface area contributed by atoms with E-state index in [9.17, 15) is 4.79 Å². The number of methoxy groups -OCH3 is 1. The molecule has 0 aromatic rings. The highest BCUT2D eigenvalue weighted by Gasteiger charge is 2.72. The number of ether oxygens (including phenoxy) is 5. The molecule has 0 N–H and O–H groups in total. The standard InChI is InChI=1S/C27H44O6/c1-18(2)9-10-21-25(5,33-21)24-23(29-6)20(11-14-27(24)17-31-27)32-22(28)15-26(12-7-8-13-26)16-30-19(3)4/h9,19-21,23-24H,7-8,10-17H2,1-6H3/t20?,21-,23?,24?,25+,27+/m1/s1. The zero-order valence-corrected chi connectivity index (χ0v) is 21.5. The Balaban J connectivity index is 1.43. The molecule has 4 aliphatic rings. The second-order valence-corrected chi connectivity index (χ2v) is 11.6. The van der Waals surface area contributed by atoms with Crippen LogP contribution in [0.4, 0.5) is 0 Å². The molecular formula is C27H44O6. The minimum Gasteiger partial charge on any atom is -0.460 e. The third kappa shape index (κ3) is 5.34. The van der Waals surface area contributed by atoms with Gasteiger partial charge in [-0.3, -0.25) is 4.79 Å². The molecule has 4 rings (SSSR count). The summed E-state index contributed by atoms with van der Waals surface area (Å²) >= 11 is 0. The summed E-state index contributed by atoms with van der Waals surface area (Å²) in [5.41, 5.74) is 0.702. The number of esters is 1. The van der Waals surface area contributed by atoms with Gasteiger partial charge in [-0.25, -0.2) is 0 Å². The lowest BCUT2D eigenvalue weighted by atomic mass is 9.68. The lowest BCUT2D eigenvalue weighted by Gasteiger charge is -2.43. The van der Waals surface area contributed by atoms with E-state index in [2.05, 4.69) is 26.8 Å². The second-order valence-electron chi connectivity index (χ2n) is 11.6. The van der Waals surface area contributed by atoms with Crippen LogP contribution in [0.3, 0.4) is 0 Å². The molecule has 0 bridgehead atoms. The van der Waals surface area contributed by atoms with Crippen molar-refractivity contribution in [2.24, 2.45) is 11.3 Å². The van der Waals surface area contributed by atoms with Gasteiger partial charge in [-0.15, -0.1) is 0 Å². The van der Waals surface area contributed by atoms with Gasteiger partial charge in [-0.2, -0.15) is 0 Å². The van der Waals surface area contributed by atoms with Crippen molar-refractivity contribution in [3.8, 4) is 0 Å². The van der Waals surface area contributed by atoms with E-state index in [1.807, 2.05) is 13.8 Å². The second kappa shape index (κ2) is 9.60. The minimum atomic E-state index is -0.314. The molecule has 2 heterocycles. The van der Waals surface area contributed by atoms with Gasteiger partial charge in [0.1, 0.15) is 23.4 Å². The van der Waals surface area contributed by atoms with E-state index in [1.165, 1.54) is 5.57 Å². The molecule has 3 unspecified atom stereocenters. The van der Waals surface area contributed by atoms with E-state index in [0.29, 0.717) is 13.0 Å². The third-order valence-corrected chi connectivity index (χ3v) is 8.43. The zero-order valence-electron chi connectivity index (χ0n) is 21.5. The van der Waals surface area contributed by atoms with Crippen LogP contribution in [-0.2, 0) is 28.5 Å². The zero-order chi connectivity index (χ0) is 23.9. The largest absolute Gasteiger partial charge is 0.460 e. The van der Waals surface area contributed by atoms with Crippen molar-refractivity contribution in [1.82, 2.24) is 0 Å². The molecule has 6 nitrogen and oxygen atoms in total. The molecule has 0 amide bonds. The smallest absolute Gasteiger partial charge is 0.306 e. The van der Waals surface area contributed by atoms with Crippen LogP contribution in [0.5, 0.6) is 0 Å². The maximum absolute atomic E-state index is 13.2. The topological polar surface area (TPSA) is 69.8 Å². The van der Waals surface area contributed by atoms with E-state index < -0.39 is 0 Å². The number of hydrogen-bond acceptors (Lipinski definition) is 6. The lowest BCUT2D eigenvalue weighted by molar-refractivity contribution is -0.175. The van der Waals surface area contributed by atoms with Crippen molar-refractivity contribution >= 4 is 5.97 Å². The SMILES string of the molecule is COC1C(OC(=O)CC2(COC(C)C)CCCC2)CC[C@]2(CO2)C1[C@@]1(C)O[C@@H]1CC=C(C)C. The summed E-state index contributed by atoms with van der Waals surface area (Å²) in [6, 6.07) is 0. The number of carbonyl (C=O) groups is 1. The van der Waals surface area contributed by atoms with Gasteiger partial charge in [-0.1, -0.05) is 24.5 Å². The van der Waals surface area contributed by atoms with E-state index >= 15 is 0 Å². The number of rotatable bonds is 10. The predicted octanol–water partition coefficient (Wildman–Crippen LogP) is 4.98. The van der Waals surface area contributed by atoms with Crippen molar-refractivity contribution in [1.29, 1.82) is 0 Å². The highest BCUT2D eigenvalue weighted by atomic mass is 16.6. The Kier molecular flexibility index (Phi) is 7.32. The van der Waals surface area contributed by atoms with Crippen LogP contribution in [0, 0.1) is 11.3 Å². The van der Waals surface area contributed by atoms with E-state index in [1.54, 1.807) is 7.11 Å². The summed E-state index contributed by atoms with van der Waals surface area (Å²) in [7, 11) is 1.73. The number of allylic oxidation sites excluding steroid dienone is 1. The molecule has 2 aliphatic heterocycles. The van der Waals surface area contributed by atoms with Gasteiger partial charge < -0.3 is 23.7 Å². The first-order chi connectivity index (χ1) is 15.6. The highest BCUT2D eigenvalue weighted by molar-refractivity contribution is 5.70. The van der Waals surface area contributed by atoms with E-state index in [4.69, 9.17) is 23.7 Å². The van der Waals surface area contributed by atoms with Crippen LogP contribution < -0.4 is 0 Å². The van der Waals surface area contributed by atoms with Gasteiger partial charge in [0.15, 0.2) is 0 Å². The predicted molar refractivity (Wildman–Crippen MR) is 126 cm³/mol. The molecule has 2 saturated carbocycles. The van der Waals surface area contributed by atoms with Gasteiger partial charge in [0.25, 0.3) is 0 Å². The molecule has 6 atom stereocenters. The molecule has 2 saturated heterocycles. The molecule has 0 aromatic heterocycles. The quantitative estimate of drug-likeness (QED) is 0.258. The highest BCUT2D eigenvalue weighted by Crippen LogP contribution is 2.59. The first kappa shape index (κ1) is 25.2. The fraction of sp³-hybridized carbons (Fsp3) is 0.889. The average molecular weight is 465 g/mol. The Bertz CT molecular complexity index is 731. The summed E-state index contributed by atoms with van der Waals surface area (Å²) < 4.78 is 30.4. The van der Waals surface area contributed by atoms with Crippen LogP contribution in [-0.4, -0.2) is 61.9 Å². The molecule has 4 fully saturated rings. The van der Waals surface area contributed by atoms with Gasteiger partial charge in [0.05, 0.1) is 37.8 Å². The lowest BCUT2D eigenvalue weighted by Crippen LogP contribution is -2.55. The number of hydrogen-bond donors (Lipinski definition) is 0. The number of carbonyl (C=O) groups excluding carboxylic acids is 1. The summed E-state index contributed by atoms with van der Waals surface area (Å²) in [6.45, 7) is 11.9. The molecule has 33 heavy (non-hydrogen) atoms. The maximum Gasteiger partial charge on any atom is 0.306 e. The maximum atomic E-state index is 13.2. The molecule has 0 radical (unpaired) electrons. The van der Waals surface area contributed by atoms with Crippen molar-refractivity contribution in [2.45, 2.75) is 122 Å². The fourth-order valence-electron chi connectivity index (χ4n) is 6.43. The summed E-state index contributed by atoms with van der Waals surface area (Å²) in [5.74, 6) is -0.0625. The van der Waals surface area contributed by atoms with Crippen LogP contribution in [0.2, 0.25) is 0 Å². The van der Waals surface area contributed by atoms with E-state index in [-0.39, 0.29) is 52.9 Å². The Hall–Kier alpha value is -0.950. The molecule has 6 heteroatoms. The van der Waals surface area contributed by atoms with Crippen molar-refractivity contribution in [3.05, 3.63) is 11.6 Å². The molecule has 0 aromatic carbocycles. The Labute approximate surface area is 199 Å². The molecule has 2 aliphatic carbocycles. The van der Waals surface area contributed by atoms with Crippen molar-refractivity contribution < 1.29 is 28.5 Å². The Morgan fingerprint density at radius 1 is 1.18 bits per heavy atom. The monoisotopic (exact) mass is 464 g/mol. The minimum absolute atomic E-state index is 0.0572. The van der Waals surface area contributed by atoms with Gasteiger partial charge in [0, 0.05) is 12.5 Å². The molecular weight excluding hydrogens is 420 g/mol. The first-order valence-electron chi connectivity index (χ1n) is 12.9. The van der Waals surface area contributed by atoms with Gasteiger partial charge in [-0.05, 0) is 66.7 Å². The Morgan fingerprint density at radius 3 is 2.45 bits per heavy atom. The van der Waals surface area contributed by atoms with Gasteiger partial charge in [0.2, 0.25) is 0 Å². The van der Waals surface area contributed by atoms with Gasteiger partial charge >= 0.3 is 5.97 Å². The van der Waals surface area contributed by atoms with Crippen LogP contribution in [0.15, 0.2) is 11.6 Å². The summed E-state index contributed by atoms with van der Waals surface area (Å²) in [6.07, 6.45) is 9.41. The van der Waals surface area contributed by atoms with Crippen LogP contribution >= 0.6 is 0 Å². The molecule has 1 spiro atoms. The van der Waals surface area contributed by atoms with Crippen LogP contribution in [0.1, 0.15) is 86.0 Å². The molecule has 188 valence electrons. The normalized spacial score (nSPS) is 39.0. The summed E-state index contributed by atoms with van der Waals surface area (Å²) in [4.78, 5) is 13.2. The van der Waals surface area contributed by atoms with Crippen LogP contribution in [0.25, 0.3) is 0 Å². The number of epoxide rings is 2. The third-order valence-electron chi connectivity index (χ3n) is 8.43. The fourth-order valence-corrected chi connectivity index (χ4v) is 6.43.